The van der Waals surface area contributed by atoms with Crippen molar-refractivity contribution in [2.24, 2.45) is 5.16 Å². The fourth-order valence-electron chi connectivity index (χ4n) is 2.18. The molecule has 2 rings (SSSR count). The van der Waals surface area contributed by atoms with Gasteiger partial charge in [0.25, 0.3) is 0 Å². The lowest BCUT2D eigenvalue weighted by Gasteiger charge is -2.09. The summed E-state index contributed by atoms with van der Waals surface area (Å²) in [5, 5.41) is 31.8. The molecule has 3 N–H and O–H groups in total. The summed E-state index contributed by atoms with van der Waals surface area (Å²) in [6.45, 7) is 2.06. The van der Waals surface area contributed by atoms with Crippen LogP contribution in [0.4, 0.5) is 0 Å². The molecule has 110 valence electrons. The molecule has 4 heteroatoms. The van der Waals surface area contributed by atoms with Crippen molar-refractivity contribution in [3.63, 3.8) is 0 Å². The molecule has 0 saturated heterocycles. The van der Waals surface area contributed by atoms with E-state index in [0.717, 1.165) is 24.0 Å². The summed E-state index contributed by atoms with van der Waals surface area (Å²) in [5.41, 5.74) is 2.83. The normalized spacial score (nSPS) is 11.6. The molecule has 0 aliphatic heterocycles. The first-order chi connectivity index (χ1) is 10.2. The monoisotopic (exact) mass is 285 g/mol. The first-order valence-electron chi connectivity index (χ1n) is 6.99. The smallest absolute Gasteiger partial charge is 0.124 e. The largest absolute Gasteiger partial charge is 0.508 e. The average Bonchev–Trinajstić information content (AvgIpc) is 2.50. The van der Waals surface area contributed by atoms with Crippen LogP contribution in [0.5, 0.6) is 11.5 Å². The molecule has 0 atom stereocenters. The van der Waals surface area contributed by atoms with E-state index in [9.17, 15) is 15.4 Å². The highest BCUT2D eigenvalue weighted by atomic mass is 16.4. The third-order valence-corrected chi connectivity index (χ3v) is 3.40. The van der Waals surface area contributed by atoms with E-state index in [1.807, 2.05) is 0 Å². The van der Waals surface area contributed by atoms with Gasteiger partial charge < -0.3 is 15.4 Å². The van der Waals surface area contributed by atoms with Gasteiger partial charge >= 0.3 is 0 Å². The third kappa shape index (κ3) is 3.54. The Bertz CT molecular complexity index is 633. The van der Waals surface area contributed by atoms with Gasteiger partial charge in [-0.3, -0.25) is 0 Å². The van der Waals surface area contributed by atoms with Gasteiger partial charge in [0.2, 0.25) is 0 Å². The maximum absolute atomic E-state index is 9.99. The van der Waals surface area contributed by atoms with Crippen LogP contribution < -0.4 is 0 Å². The summed E-state index contributed by atoms with van der Waals surface area (Å²) in [5.74, 6) is 0.305. The summed E-state index contributed by atoms with van der Waals surface area (Å²) in [6.07, 6.45) is 2.49. The van der Waals surface area contributed by atoms with E-state index in [1.165, 1.54) is 0 Å². The quantitative estimate of drug-likeness (QED) is 0.439. The van der Waals surface area contributed by atoms with Crippen molar-refractivity contribution in [1.29, 1.82) is 0 Å². The zero-order valence-corrected chi connectivity index (χ0v) is 12.0. The molecule has 0 bridgehead atoms. The molecule has 21 heavy (non-hydrogen) atoms. The minimum atomic E-state index is 0.0985. The molecular formula is C17H19NO3. The summed E-state index contributed by atoms with van der Waals surface area (Å²) in [6, 6.07) is 12.0. The number of oxime groups is 1. The molecule has 4 nitrogen and oxygen atoms in total. The minimum absolute atomic E-state index is 0.0985. The molecule has 0 aliphatic carbocycles. The Kier molecular flexibility index (Phi) is 4.82. The summed E-state index contributed by atoms with van der Waals surface area (Å²) < 4.78 is 0. The second-order valence-electron chi connectivity index (χ2n) is 4.93. The van der Waals surface area contributed by atoms with Crippen LogP contribution in [0, 0.1) is 0 Å². The number of phenolic OH excluding ortho intramolecular Hbond substituents is 2. The van der Waals surface area contributed by atoms with E-state index in [2.05, 4.69) is 12.1 Å². The van der Waals surface area contributed by atoms with Crippen molar-refractivity contribution in [2.75, 3.05) is 0 Å². The first kappa shape index (κ1) is 14.9. The van der Waals surface area contributed by atoms with E-state index < -0.39 is 0 Å². The second-order valence-corrected chi connectivity index (χ2v) is 4.93. The molecule has 0 amide bonds. The van der Waals surface area contributed by atoms with Crippen LogP contribution in [-0.4, -0.2) is 21.1 Å². The summed E-state index contributed by atoms with van der Waals surface area (Å²) >= 11 is 0. The predicted molar refractivity (Wildman–Crippen MR) is 83.1 cm³/mol. The molecule has 0 heterocycles. The van der Waals surface area contributed by atoms with Crippen molar-refractivity contribution in [3.8, 4) is 22.6 Å². The maximum atomic E-state index is 9.99. The summed E-state index contributed by atoms with van der Waals surface area (Å²) in [4.78, 5) is 0. The van der Waals surface area contributed by atoms with E-state index in [4.69, 9.17) is 0 Å². The number of rotatable bonds is 5. The van der Waals surface area contributed by atoms with Crippen LogP contribution in [-0.2, 0) is 0 Å². The van der Waals surface area contributed by atoms with E-state index in [0.29, 0.717) is 17.7 Å². The molecule has 0 radical (unpaired) electrons. The van der Waals surface area contributed by atoms with Crippen molar-refractivity contribution in [2.45, 2.75) is 26.2 Å². The van der Waals surface area contributed by atoms with Crippen LogP contribution in [0.15, 0.2) is 47.6 Å². The molecule has 2 aromatic carbocycles. The van der Waals surface area contributed by atoms with Crippen LogP contribution >= 0.6 is 0 Å². The highest BCUT2D eigenvalue weighted by Gasteiger charge is 2.11. The SMILES string of the molecule is CCCC/C(=N\O)c1cc(-c2ccc(O)cc2)ccc1O. The lowest BCUT2D eigenvalue weighted by Crippen LogP contribution is -2.02. The van der Waals surface area contributed by atoms with Gasteiger partial charge in [0.05, 0.1) is 5.71 Å². The Hall–Kier alpha value is -2.49. The Morgan fingerprint density at radius 3 is 2.29 bits per heavy atom. The molecule has 0 fully saturated rings. The van der Waals surface area contributed by atoms with E-state index >= 15 is 0 Å². The fraction of sp³-hybridized carbons (Fsp3) is 0.235. The Morgan fingerprint density at radius 1 is 1.00 bits per heavy atom. The highest BCUT2D eigenvalue weighted by molar-refractivity contribution is 6.03. The van der Waals surface area contributed by atoms with Gasteiger partial charge in [0.15, 0.2) is 0 Å². The molecule has 0 saturated carbocycles. The number of benzene rings is 2. The lowest BCUT2D eigenvalue weighted by atomic mass is 9.98. The maximum Gasteiger partial charge on any atom is 0.124 e. The Labute approximate surface area is 124 Å². The fourth-order valence-corrected chi connectivity index (χ4v) is 2.18. The predicted octanol–water partition coefficient (Wildman–Crippen LogP) is 4.13. The van der Waals surface area contributed by atoms with Gasteiger partial charge in [-0.15, -0.1) is 0 Å². The van der Waals surface area contributed by atoms with Crippen LogP contribution in [0.2, 0.25) is 0 Å². The Morgan fingerprint density at radius 2 is 1.67 bits per heavy atom. The first-order valence-corrected chi connectivity index (χ1v) is 6.99. The van der Waals surface area contributed by atoms with E-state index in [1.54, 1.807) is 42.5 Å². The standard InChI is InChI=1S/C17H19NO3/c1-2-3-4-16(18-21)15-11-13(7-10-17(15)20)12-5-8-14(19)9-6-12/h5-11,19-21H,2-4H2,1H3/b18-16+. The average molecular weight is 285 g/mol. The molecule has 0 aromatic heterocycles. The number of hydrogen-bond acceptors (Lipinski definition) is 4. The third-order valence-electron chi connectivity index (χ3n) is 3.40. The van der Waals surface area contributed by atoms with Crippen molar-refractivity contribution in [1.82, 2.24) is 0 Å². The second kappa shape index (κ2) is 6.79. The zero-order valence-electron chi connectivity index (χ0n) is 12.0. The molecule has 0 aliphatic rings. The number of phenols is 2. The van der Waals surface area contributed by atoms with Crippen molar-refractivity contribution in [3.05, 3.63) is 48.0 Å². The summed E-state index contributed by atoms with van der Waals surface area (Å²) in [7, 11) is 0. The van der Waals surface area contributed by atoms with Gasteiger partial charge in [-0.25, -0.2) is 0 Å². The molecule has 0 unspecified atom stereocenters. The molecule has 2 aromatic rings. The highest BCUT2D eigenvalue weighted by Crippen LogP contribution is 2.28. The van der Waals surface area contributed by atoms with Gasteiger partial charge in [-0.1, -0.05) is 36.7 Å². The van der Waals surface area contributed by atoms with Crippen LogP contribution in [0.1, 0.15) is 31.7 Å². The number of nitrogens with zero attached hydrogens (tertiary/aromatic N) is 1. The van der Waals surface area contributed by atoms with Gasteiger partial charge in [-0.2, -0.15) is 0 Å². The number of unbranched alkanes of at least 4 members (excludes halogenated alkanes) is 1. The van der Waals surface area contributed by atoms with E-state index in [-0.39, 0.29) is 11.5 Å². The van der Waals surface area contributed by atoms with Gasteiger partial charge in [0.1, 0.15) is 11.5 Å². The molecular weight excluding hydrogens is 266 g/mol. The van der Waals surface area contributed by atoms with Gasteiger partial charge in [-0.05, 0) is 48.2 Å². The lowest BCUT2D eigenvalue weighted by molar-refractivity contribution is 0.317. The molecule has 0 spiro atoms. The van der Waals surface area contributed by atoms with Gasteiger partial charge in [0, 0.05) is 5.56 Å². The minimum Gasteiger partial charge on any atom is -0.508 e. The van der Waals surface area contributed by atoms with Crippen LogP contribution in [0.3, 0.4) is 0 Å². The van der Waals surface area contributed by atoms with Crippen molar-refractivity contribution >= 4 is 5.71 Å². The topological polar surface area (TPSA) is 73.1 Å². The number of hydrogen-bond donors (Lipinski definition) is 3. The zero-order chi connectivity index (χ0) is 15.2. The van der Waals surface area contributed by atoms with Crippen molar-refractivity contribution < 1.29 is 15.4 Å². The van der Waals surface area contributed by atoms with Crippen LogP contribution in [0.25, 0.3) is 11.1 Å². The Balaban J connectivity index is 2.39. The number of aromatic hydroxyl groups is 2.